The summed E-state index contributed by atoms with van der Waals surface area (Å²) in [6, 6.07) is 8.31. The second-order valence-corrected chi connectivity index (χ2v) is 6.59. The highest BCUT2D eigenvalue weighted by Crippen LogP contribution is 2.34. The van der Waals surface area contributed by atoms with Gasteiger partial charge >= 0.3 is 0 Å². The Morgan fingerprint density at radius 1 is 1.15 bits per heavy atom. The lowest BCUT2D eigenvalue weighted by atomic mass is 9.85. The van der Waals surface area contributed by atoms with Crippen LogP contribution in [0.25, 0.3) is 0 Å². The lowest BCUT2D eigenvalue weighted by Gasteiger charge is -2.22. The summed E-state index contributed by atoms with van der Waals surface area (Å²) in [5, 5.41) is 6.25. The van der Waals surface area contributed by atoms with Gasteiger partial charge in [-0.3, -0.25) is 4.79 Å². The lowest BCUT2D eigenvalue weighted by Crippen LogP contribution is -2.20. The molecule has 20 heavy (non-hydrogen) atoms. The molecule has 0 aromatic heterocycles. The number of amides is 1. The molecule has 3 nitrogen and oxygen atoms in total. The lowest BCUT2D eigenvalue weighted by molar-refractivity contribution is 0.0963. The fourth-order valence-electron chi connectivity index (χ4n) is 2.90. The van der Waals surface area contributed by atoms with Crippen molar-refractivity contribution in [2.45, 2.75) is 52.0 Å². The maximum Gasteiger partial charge on any atom is 0.251 e. The molecule has 0 saturated heterocycles. The van der Waals surface area contributed by atoms with Crippen LogP contribution in [0.3, 0.4) is 0 Å². The normalized spacial score (nSPS) is 21.9. The third-order valence-electron chi connectivity index (χ3n) is 4.32. The second kappa shape index (κ2) is 6.29. The highest BCUT2D eigenvalue weighted by Gasteiger charge is 2.24. The minimum Gasteiger partial charge on any atom is -0.382 e. The summed E-state index contributed by atoms with van der Waals surface area (Å²) in [5.74, 6) is -0.0345. The van der Waals surface area contributed by atoms with Crippen molar-refractivity contribution in [1.29, 1.82) is 0 Å². The zero-order valence-corrected chi connectivity index (χ0v) is 12.8. The van der Waals surface area contributed by atoms with E-state index < -0.39 is 0 Å². The van der Waals surface area contributed by atoms with Crippen LogP contribution in [0.4, 0.5) is 5.69 Å². The summed E-state index contributed by atoms with van der Waals surface area (Å²) in [6.45, 7) is 4.74. The molecule has 1 aliphatic rings. The predicted octanol–water partition coefficient (Wildman–Crippen LogP) is 3.82. The van der Waals surface area contributed by atoms with Gasteiger partial charge in [0.15, 0.2) is 0 Å². The molecule has 1 atom stereocenters. The van der Waals surface area contributed by atoms with Gasteiger partial charge in [0.25, 0.3) is 5.91 Å². The maximum absolute atomic E-state index is 11.5. The average Bonchev–Trinajstić information content (AvgIpc) is 2.60. The molecule has 0 bridgehead atoms. The first kappa shape index (κ1) is 14.9. The molecule has 1 aliphatic carbocycles. The van der Waals surface area contributed by atoms with Crippen LogP contribution in [-0.2, 0) is 0 Å². The first-order valence-corrected chi connectivity index (χ1v) is 7.59. The van der Waals surface area contributed by atoms with Crippen molar-refractivity contribution < 1.29 is 4.79 Å². The molecule has 110 valence electrons. The van der Waals surface area contributed by atoms with Crippen LogP contribution in [0.5, 0.6) is 0 Å². The van der Waals surface area contributed by atoms with Gasteiger partial charge in [-0.15, -0.1) is 0 Å². The largest absolute Gasteiger partial charge is 0.382 e. The number of carbonyl (C=O) groups excluding carboxylic acids is 1. The summed E-state index contributed by atoms with van der Waals surface area (Å²) in [5.41, 5.74) is 2.31. The minimum absolute atomic E-state index is 0.0345. The molecule has 1 saturated carbocycles. The van der Waals surface area contributed by atoms with Gasteiger partial charge in [-0.25, -0.2) is 0 Å². The molecule has 1 fully saturated rings. The summed E-state index contributed by atoms with van der Waals surface area (Å²) < 4.78 is 0. The van der Waals surface area contributed by atoms with Gasteiger partial charge in [0, 0.05) is 24.3 Å². The standard InChI is InChI=1S/C17H26N2O/c1-17(2)11-4-5-14(10-12-17)19-15-8-6-13(7-9-15)16(20)18-3/h6-9,14,19H,4-5,10-12H2,1-3H3,(H,18,20). The van der Waals surface area contributed by atoms with E-state index in [1.807, 2.05) is 24.3 Å². The number of hydrogen-bond donors (Lipinski definition) is 2. The number of benzene rings is 1. The van der Waals surface area contributed by atoms with E-state index in [1.54, 1.807) is 7.05 Å². The second-order valence-electron chi connectivity index (χ2n) is 6.59. The predicted molar refractivity (Wildman–Crippen MR) is 84.1 cm³/mol. The smallest absolute Gasteiger partial charge is 0.251 e. The Morgan fingerprint density at radius 2 is 1.85 bits per heavy atom. The molecule has 1 aromatic carbocycles. The van der Waals surface area contributed by atoms with E-state index in [4.69, 9.17) is 0 Å². The highest BCUT2D eigenvalue weighted by atomic mass is 16.1. The Hall–Kier alpha value is -1.51. The first-order chi connectivity index (χ1) is 9.50. The third-order valence-corrected chi connectivity index (χ3v) is 4.32. The Balaban J connectivity index is 1.94. The van der Waals surface area contributed by atoms with E-state index in [0.29, 0.717) is 17.0 Å². The van der Waals surface area contributed by atoms with E-state index in [-0.39, 0.29) is 5.91 Å². The number of nitrogens with one attached hydrogen (secondary N) is 2. The summed E-state index contributed by atoms with van der Waals surface area (Å²) in [6.07, 6.45) is 6.35. The average molecular weight is 274 g/mol. The van der Waals surface area contributed by atoms with Gasteiger partial charge in [-0.05, 0) is 55.4 Å². The van der Waals surface area contributed by atoms with Gasteiger partial charge in [0.2, 0.25) is 0 Å². The summed E-state index contributed by atoms with van der Waals surface area (Å²) in [4.78, 5) is 11.5. The molecule has 2 rings (SSSR count). The quantitative estimate of drug-likeness (QED) is 0.823. The number of carbonyl (C=O) groups is 1. The third kappa shape index (κ3) is 3.99. The molecule has 0 aliphatic heterocycles. The molecule has 2 N–H and O–H groups in total. The molecule has 3 heteroatoms. The van der Waals surface area contributed by atoms with Crippen LogP contribution in [0.2, 0.25) is 0 Å². The van der Waals surface area contributed by atoms with Gasteiger partial charge < -0.3 is 10.6 Å². The number of rotatable bonds is 3. The monoisotopic (exact) mass is 274 g/mol. The van der Waals surface area contributed by atoms with Gasteiger partial charge in [0.05, 0.1) is 0 Å². The summed E-state index contributed by atoms with van der Waals surface area (Å²) >= 11 is 0. The van der Waals surface area contributed by atoms with Crippen LogP contribution >= 0.6 is 0 Å². The van der Waals surface area contributed by atoms with E-state index in [9.17, 15) is 4.79 Å². The van der Waals surface area contributed by atoms with Crippen LogP contribution in [0.15, 0.2) is 24.3 Å². The zero-order chi connectivity index (χ0) is 14.6. The topological polar surface area (TPSA) is 41.1 Å². The number of hydrogen-bond acceptors (Lipinski definition) is 2. The molecule has 1 unspecified atom stereocenters. The summed E-state index contributed by atoms with van der Waals surface area (Å²) in [7, 11) is 1.65. The molecule has 0 radical (unpaired) electrons. The molecule has 0 heterocycles. The van der Waals surface area contributed by atoms with Gasteiger partial charge in [-0.2, -0.15) is 0 Å². The molecule has 1 aromatic rings. The number of anilines is 1. The van der Waals surface area contributed by atoms with Crippen molar-refractivity contribution in [2.75, 3.05) is 12.4 Å². The fourth-order valence-corrected chi connectivity index (χ4v) is 2.90. The van der Waals surface area contributed by atoms with Crippen molar-refractivity contribution in [3.05, 3.63) is 29.8 Å². The van der Waals surface area contributed by atoms with Crippen LogP contribution in [0.1, 0.15) is 56.3 Å². The van der Waals surface area contributed by atoms with Crippen LogP contribution in [-0.4, -0.2) is 19.0 Å². The van der Waals surface area contributed by atoms with E-state index in [0.717, 1.165) is 5.69 Å². The Labute approximate surface area is 122 Å². The minimum atomic E-state index is -0.0345. The van der Waals surface area contributed by atoms with Gasteiger partial charge in [0.1, 0.15) is 0 Å². The Kier molecular flexibility index (Phi) is 4.69. The van der Waals surface area contributed by atoms with E-state index in [1.165, 1.54) is 32.1 Å². The van der Waals surface area contributed by atoms with Crippen LogP contribution < -0.4 is 10.6 Å². The van der Waals surface area contributed by atoms with E-state index in [2.05, 4.69) is 24.5 Å². The van der Waals surface area contributed by atoms with Gasteiger partial charge in [-0.1, -0.05) is 20.3 Å². The molecule has 1 amide bonds. The molecule has 0 spiro atoms. The molecular formula is C17H26N2O. The highest BCUT2D eigenvalue weighted by molar-refractivity contribution is 5.94. The van der Waals surface area contributed by atoms with Crippen molar-refractivity contribution in [3.8, 4) is 0 Å². The Morgan fingerprint density at radius 3 is 2.50 bits per heavy atom. The Bertz CT molecular complexity index is 451. The molecular weight excluding hydrogens is 248 g/mol. The van der Waals surface area contributed by atoms with Crippen LogP contribution in [0, 0.1) is 5.41 Å². The van der Waals surface area contributed by atoms with E-state index >= 15 is 0 Å². The van der Waals surface area contributed by atoms with Crippen molar-refractivity contribution in [1.82, 2.24) is 5.32 Å². The fraction of sp³-hybridized carbons (Fsp3) is 0.588. The maximum atomic E-state index is 11.5. The van der Waals surface area contributed by atoms with Crippen molar-refractivity contribution in [3.63, 3.8) is 0 Å². The van der Waals surface area contributed by atoms with Crippen molar-refractivity contribution >= 4 is 11.6 Å². The first-order valence-electron chi connectivity index (χ1n) is 7.59. The zero-order valence-electron chi connectivity index (χ0n) is 12.8. The SMILES string of the molecule is CNC(=O)c1ccc(NC2CCCC(C)(C)CC2)cc1. The van der Waals surface area contributed by atoms with Crippen molar-refractivity contribution in [2.24, 2.45) is 5.41 Å².